The van der Waals surface area contributed by atoms with Crippen molar-refractivity contribution in [1.82, 2.24) is 0 Å². The summed E-state index contributed by atoms with van der Waals surface area (Å²) in [4.78, 5) is 0. The van der Waals surface area contributed by atoms with Crippen LogP contribution in [0.2, 0.25) is 0 Å². The summed E-state index contributed by atoms with van der Waals surface area (Å²) in [6.07, 6.45) is 1.91. The largest absolute Gasteiger partial charge is 0.0998 e. The minimum atomic E-state index is 0.937. The zero-order valence-electron chi connectivity index (χ0n) is 10.1. The molecule has 0 saturated carbocycles. The Morgan fingerprint density at radius 2 is 1.60 bits per heavy atom. The average molecular weight is 200 g/mol. The van der Waals surface area contributed by atoms with Gasteiger partial charge in [-0.1, -0.05) is 53.6 Å². The SMILES string of the molecule is C=C(C)CC(=C)Cc1cc(C)cc(C)c1. The zero-order valence-corrected chi connectivity index (χ0v) is 10.1. The molecule has 0 nitrogen and oxygen atoms in total. The molecular weight excluding hydrogens is 180 g/mol. The van der Waals surface area contributed by atoms with Crippen LogP contribution in [-0.4, -0.2) is 0 Å². The van der Waals surface area contributed by atoms with Crippen LogP contribution in [0.4, 0.5) is 0 Å². The van der Waals surface area contributed by atoms with Gasteiger partial charge in [0.2, 0.25) is 0 Å². The molecule has 0 aliphatic heterocycles. The van der Waals surface area contributed by atoms with Crippen molar-refractivity contribution in [3.05, 3.63) is 59.2 Å². The van der Waals surface area contributed by atoms with Crippen LogP contribution >= 0.6 is 0 Å². The van der Waals surface area contributed by atoms with E-state index in [1.807, 2.05) is 6.92 Å². The summed E-state index contributed by atoms with van der Waals surface area (Å²) in [5.41, 5.74) is 6.44. The maximum Gasteiger partial charge on any atom is -0.00664 e. The molecule has 0 aliphatic rings. The molecule has 0 heterocycles. The minimum Gasteiger partial charge on any atom is -0.0998 e. The van der Waals surface area contributed by atoms with E-state index in [4.69, 9.17) is 0 Å². The quantitative estimate of drug-likeness (QED) is 0.633. The van der Waals surface area contributed by atoms with Gasteiger partial charge in [-0.2, -0.15) is 0 Å². The highest BCUT2D eigenvalue weighted by molar-refractivity contribution is 5.31. The van der Waals surface area contributed by atoms with E-state index >= 15 is 0 Å². The number of hydrogen-bond donors (Lipinski definition) is 0. The van der Waals surface area contributed by atoms with Crippen molar-refractivity contribution in [2.75, 3.05) is 0 Å². The molecule has 0 aromatic heterocycles. The van der Waals surface area contributed by atoms with Crippen LogP contribution in [0.15, 0.2) is 42.5 Å². The summed E-state index contributed by atoms with van der Waals surface area (Å²) < 4.78 is 0. The summed E-state index contributed by atoms with van der Waals surface area (Å²) in [5.74, 6) is 0. The van der Waals surface area contributed by atoms with Crippen LogP contribution in [0.1, 0.15) is 30.0 Å². The predicted octanol–water partition coefficient (Wildman–Crippen LogP) is 4.37. The Balaban J connectivity index is 2.72. The van der Waals surface area contributed by atoms with E-state index in [-0.39, 0.29) is 0 Å². The Kier molecular flexibility index (Phi) is 3.90. The molecule has 0 bridgehead atoms. The molecule has 0 N–H and O–H groups in total. The molecule has 80 valence electrons. The van der Waals surface area contributed by atoms with Gasteiger partial charge < -0.3 is 0 Å². The van der Waals surface area contributed by atoms with Crippen molar-refractivity contribution >= 4 is 0 Å². The van der Waals surface area contributed by atoms with Gasteiger partial charge in [0.15, 0.2) is 0 Å². The normalized spacial score (nSPS) is 10.1. The molecule has 1 aromatic rings. The fourth-order valence-electron chi connectivity index (χ4n) is 1.95. The average Bonchev–Trinajstić information content (AvgIpc) is 1.98. The molecule has 0 aliphatic carbocycles. The summed E-state index contributed by atoms with van der Waals surface area (Å²) in [7, 11) is 0. The Hall–Kier alpha value is -1.30. The number of hydrogen-bond acceptors (Lipinski definition) is 0. The maximum atomic E-state index is 4.09. The lowest BCUT2D eigenvalue weighted by Crippen LogP contribution is -1.92. The first-order valence-electron chi connectivity index (χ1n) is 5.35. The third kappa shape index (κ3) is 4.16. The van der Waals surface area contributed by atoms with E-state index in [0.29, 0.717) is 0 Å². The zero-order chi connectivity index (χ0) is 11.4. The van der Waals surface area contributed by atoms with E-state index in [1.165, 1.54) is 27.8 Å². The van der Waals surface area contributed by atoms with E-state index in [9.17, 15) is 0 Å². The van der Waals surface area contributed by atoms with Crippen molar-refractivity contribution in [3.63, 3.8) is 0 Å². The lowest BCUT2D eigenvalue weighted by atomic mass is 9.98. The molecule has 1 aromatic carbocycles. The van der Waals surface area contributed by atoms with Crippen LogP contribution in [0, 0.1) is 13.8 Å². The second-order valence-corrected chi connectivity index (χ2v) is 4.56. The van der Waals surface area contributed by atoms with Crippen molar-refractivity contribution in [1.29, 1.82) is 0 Å². The molecule has 0 unspecified atom stereocenters. The van der Waals surface area contributed by atoms with Crippen molar-refractivity contribution < 1.29 is 0 Å². The number of benzene rings is 1. The van der Waals surface area contributed by atoms with Crippen LogP contribution < -0.4 is 0 Å². The van der Waals surface area contributed by atoms with Crippen molar-refractivity contribution in [2.45, 2.75) is 33.6 Å². The lowest BCUT2D eigenvalue weighted by Gasteiger charge is -2.07. The highest BCUT2D eigenvalue weighted by atomic mass is 14.1. The number of allylic oxidation sites excluding steroid dienone is 2. The second-order valence-electron chi connectivity index (χ2n) is 4.56. The van der Waals surface area contributed by atoms with Gasteiger partial charge in [-0.25, -0.2) is 0 Å². The van der Waals surface area contributed by atoms with Gasteiger partial charge >= 0.3 is 0 Å². The molecule has 0 amide bonds. The Morgan fingerprint density at radius 1 is 1.07 bits per heavy atom. The van der Waals surface area contributed by atoms with Gasteiger partial charge in [0.25, 0.3) is 0 Å². The highest BCUT2D eigenvalue weighted by Crippen LogP contribution is 2.16. The van der Waals surface area contributed by atoms with Crippen molar-refractivity contribution in [3.8, 4) is 0 Å². The molecule has 1 rings (SSSR count). The van der Waals surface area contributed by atoms with Gasteiger partial charge in [0.05, 0.1) is 0 Å². The monoisotopic (exact) mass is 200 g/mol. The first-order valence-corrected chi connectivity index (χ1v) is 5.35. The summed E-state index contributed by atoms with van der Waals surface area (Å²) in [6.45, 7) is 14.3. The number of rotatable bonds is 4. The van der Waals surface area contributed by atoms with Gasteiger partial charge in [-0.15, -0.1) is 0 Å². The van der Waals surface area contributed by atoms with Crippen LogP contribution in [0.3, 0.4) is 0 Å². The summed E-state index contributed by atoms with van der Waals surface area (Å²) >= 11 is 0. The first kappa shape index (κ1) is 11.8. The lowest BCUT2D eigenvalue weighted by molar-refractivity contribution is 1.02. The van der Waals surface area contributed by atoms with Gasteiger partial charge in [0, 0.05) is 0 Å². The standard InChI is InChI=1S/C15H20/c1-11(2)6-12(3)8-15-9-13(4)7-14(5)10-15/h7,9-10H,1,3,6,8H2,2,4-5H3. The Labute approximate surface area is 93.3 Å². The summed E-state index contributed by atoms with van der Waals surface area (Å²) in [5, 5.41) is 0. The summed E-state index contributed by atoms with van der Waals surface area (Å²) in [6, 6.07) is 6.66. The molecule has 0 radical (unpaired) electrons. The van der Waals surface area contributed by atoms with Crippen LogP contribution in [0.25, 0.3) is 0 Å². The third-order valence-corrected chi connectivity index (χ3v) is 2.29. The topological polar surface area (TPSA) is 0 Å². The molecule has 0 saturated heterocycles. The third-order valence-electron chi connectivity index (χ3n) is 2.29. The molecule has 0 heteroatoms. The van der Waals surface area contributed by atoms with Crippen LogP contribution in [-0.2, 0) is 6.42 Å². The van der Waals surface area contributed by atoms with Gasteiger partial charge in [-0.05, 0) is 39.2 Å². The second kappa shape index (κ2) is 4.97. The molecule has 15 heavy (non-hydrogen) atoms. The molecular formula is C15H20. The van der Waals surface area contributed by atoms with Crippen molar-refractivity contribution in [2.24, 2.45) is 0 Å². The molecule has 0 atom stereocenters. The fourth-order valence-corrected chi connectivity index (χ4v) is 1.95. The Bertz CT molecular complexity index is 363. The van der Waals surface area contributed by atoms with Gasteiger partial charge in [-0.3, -0.25) is 0 Å². The van der Waals surface area contributed by atoms with E-state index in [0.717, 1.165) is 12.8 Å². The van der Waals surface area contributed by atoms with E-state index in [1.54, 1.807) is 0 Å². The van der Waals surface area contributed by atoms with E-state index in [2.05, 4.69) is 45.2 Å². The smallest absolute Gasteiger partial charge is 0.00664 e. The predicted molar refractivity (Wildman–Crippen MR) is 68.2 cm³/mol. The molecule has 0 spiro atoms. The fraction of sp³-hybridized carbons (Fsp3) is 0.333. The maximum absolute atomic E-state index is 4.09. The highest BCUT2D eigenvalue weighted by Gasteiger charge is 1.99. The first-order chi connectivity index (χ1) is 6.97. The minimum absolute atomic E-state index is 0.937. The molecule has 0 fully saturated rings. The van der Waals surface area contributed by atoms with Gasteiger partial charge in [0.1, 0.15) is 0 Å². The number of aryl methyl sites for hydroxylation is 2. The van der Waals surface area contributed by atoms with E-state index < -0.39 is 0 Å². The van der Waals surface area contributed by atoms with Crippen LogP contribution in [0.5, 0.6) is 0 Å². The Morgan fingerprint density at radius 3 is 2.07 bits per heavy atom.